The number of nitrogens with zero attached hydrogens (tertiary/aromatic N) is 2. The summed E-state index contributed by atoms with van der Waals surface area (Å²) in [5.41, 5.74) is 5.53. The van der Waals surface area contributed by atoms with E-state index in [1.807, 2.05) is 32.0 Å². The Hall–Kier alpha value is -2.07. The summed E-state index contributed by atoms with van der Waals surface area (Å²) in [6.07, 6.45) is 5.17. The molecule has 0 N–H and O–H groups in total. The van der Waals surface area contributed by atoms with Gasteiger partial charge in [-0.25, -0.2) is 9.97 Å². The van der Waals surface area contributed by atoms with Gasteiger partial charge >= 0.3 is 0 Å². The molecule has 0 spiro atoms. The van der Waals surface area contributed by atoms with Gasteiger partial charge < -0.3 is 0 Å². The van der Waals surface area contributed by atoms with Gasteiger partial charge in [-0.2, -0.15) is 0 Å². The van der Waals surface area contributed by atoms with Crippen molar-refractivity contribution >= 4 is 23.2 Å². The molecule has 4 nitrogen and oxygen atoms in total. The Balaban J connectivity index is 0.000000146. The molecule has 0 fully saturated rings. The standard InChI is InChI=1S/C10H10ClNO.C10H11NO/c1-6-5-9(11)12-10-7(6)3-2-4-8(10)13;1-7-5-6-8-3-2-4-9(12)10(8)11-7/h5H,2-4H2,1H3;5-6H,2-4H2,1H3. The minimum absolute atomic E-state index is 0.131. The topological polar surface area (TPSA) is 59.9 Å². The monoisotopic (exact) mass is 356 g/mol. The zero-order valence-corrected chi connectivity index (χ0v) is 15.3. The van der Waals surface area contributed by atoms with Crippen LogP contribution in [-0.2, 0) is 12.8 Å². The molecule has 2 aromatic rings. The van der Waals surface area contributed by atoms with Crippen LogP contribution >= 0.6 is 11.6 Å². The van der Waals surface area contributed by atoms with Crippen molar-refractivity contribution in [3.8, 4) is 0 Å². The van der Waals surface area contributed by atoms with Gasteiger partial charge in [0.05, 0.1) is 0 Å². The number of Topliss-reactive ketones (excluding diaryl/α,β-unsaturated/α-hetero) is 2. The lowest BCUT2D eigenvalue weighted by Gasteiger charge is -2.15. The van der Waals surface area contributed by atoms with Crippen molar-refractivity contribution in [2.75, 3.05) is 0 Å². The van der Waals surface area contributed by atoms with Crippen LogP contribution in [0.25, 0.3) is 0 Å². The van der Waals surface area contributed by atoms with E-state index in [9.17, 15) is 9.59 Å². The van der Waals surface area contributed by atoms with Crippen LogP contribution in [0.2, 0.25) is 5.15 Å². The summed E-state index contributed by atoms with van der Waals surface area (Å²) in [5, 5.41) is 0.423. The first kappa shape index (κ1) is 17.7. The van der Waals surface area contributed by atoms with Crippen LogP contribution in [0.1, 0.15) is 69.0 Å². The zero-order valence-electron chi connectivity index (χ0n) is 14.6. The van der Waals surface area contributed by atoms with Gasteiger partial charge in [-0.3, -0.25) is 9.59 Å². The van der Waals surface area contributed by atoms with E-state index in [1.54, 1.807) is 0 Å². The molecule has 2 heterocycles. The van der Waals surface area contributed by atoms with Crippen LogP contribution in [0.4, 0.5) is 0 Å². The van der Waals surface area contributed by atoms with Crippen molar-refractivity contribution in [1.29, 1.82) is 0 Å². The first-order valence-corrected chi connectivity index (χ1v) is 9.02. The highest BCUT2D eigenvalue weighted by atomic mass is 35.5. The molecule has 2 aliphatic rings. The number of rotatable bonds is 0. The molecule has 130 valence electrons. The van der Waals surface area contributed by atoms with Crippen molar-refractivity contribution in [3.63, 3.8) is 0 Å². The second-order valence-corrected chi connectivity index (χ2v) is 6.99. The quantitative estimate of drug-likeness (QED) is 0.653. The largest absolute Gasteiger partial charge is 0.292 e. The molecular formula is C20H21ClN2O2. The Morgan fingerprint density at radius 2 is 1.56 bits per heavy atom. The predicted octanol–water partition coefficient (Wildman–Crippen LogP) is 4.47. The third kappa shape index (κ3) is 3.96. The lowest BCUT2D eigenvalue weighted by molar-refractivity contribution is 0.0959. The lowest BCUT2D eigenvalue weighted by Crippen LogP contribution is -2.14. The van der Waals surface area contributed by atoms with Crippen molar-refractivity contribution in [3.05, 3.63) is 57.1 Å². The molecule has 0 radical (unpaired) electrons. The van der Waals surface area contributed by atoms with Crippen molar-refractivity contribution < 1.29 is 9.59 Å². The molecule has 0 atom stereocenters. The fraction of sp³-hybridized carbons (Fsp3) is 0.400. The van der Waals surface area contributed by atoms with E-state index in [-0.39, 0.29) is 11.6 Å². The maximum atomic E-state index is 11.5. The Morgan fingerprint density at radius 3 is 2.32 bits per heavy atom. The highest BCUT2D eigenvalue weighted by molar-refractivity contribution is 6.29. The van der Waals surface area contributed by atoms with Gasteiger partial charge in [-0.1, -0.05) is 17.7 Å². The van der Waals surface area contributed by atoms with Gasteiger partial charge in [0.25, 0.3) is 0 Å². The molecule has 2 aliphatic carbocycles. The van der Waals surface area contributed by atoms with Gasteiger partial charge in [0, 0.05) is 18.5 Å². The second kappa shape index (κ2) is 7.44. The first-order valence-electron chi connectivity index (χ1n) is 8.64. The van der Waals surface area contributed by atoms with Crippen molar-refractivity contribution in [2.45, 2.75) is 52.4 Å². The highest BCUT2D eigenvalue weighted by Gasteiger charge is 2.20. The minimum Gasteiger partial charge on any atom is -0.292 e. The molecule has 4 rings (SSSR count). The molecular weight excluding hydrogens is 336 g/mol. The Labute approximate surface area is 152 Å². The third-order valence-corrected chi connectivity index (χ3v) is 4.84. The molecule has 0 aromatic carbocycles. The van der Waals surface area contributed by atoms with Gasteiger partial charge in [0.15, 0.2) is 11.6 Å². The van der Waals surface area contributed by atoms with Gasteiger partial charge in [-0.15, -0.1) is 0 Å². The number of carbonyl (C=O) groups is 2. The fourth-order valence-corrected chi connectivity index (χ4v) is 3.58. The first-order chi connectivity index (χ1) is 12.0. The van der Waals surface area contributed by atoms with Gasteiger partial charge in [0.2, 0.25) is 0 Å². The summed E-state index contributed by atoms with van der Waals surface area (Å²) >= 11 is 5.78. The normalized spacial score (nSPS) is 15.8. The maximum Gasteiger partial charge on any atom is 0.181 e. The van der Waals surface area contributed by atoms with Crippen LogP contribution in [0.5, 0.6) is 0 Å². The summed E-state index contributed by atoms with van der Waals surface area (Å²) in [4.78, 5) is 31.2. The zero-order chi connectivity index (χ0) is 18.0. The van der Waals surface area contributed by atoms with E-state index in [0.717, 1.165) is 48.1 Å². The number of carbonyl (C=O) groups excluding carboxylic acids is 2. The Bertz CT molecular complexity index is 846. The number of hydrogen-bond acceptors (Lipinski definition) is 4. The lowest BCUT2D eigenvalue weighted by atomic mass is 9.92. The molecule has 0 bridgehead atoms. The fourth-order valence-electron chi connectivity index (χ4n) is 3.34. The number of hydrogen-bond donors (Lipinski definition) is 0. The molecule has 25 heavy (non-hydrogen) atoms. The van der Waals surface area contributed by atoms with E-state index in [4.69, 9.17) is 11.6 Å². The number of ketones is 2. The van der Waals surface area contributed by atoms with Crippen LogP contribution in [0.3, 0.4) is 0 Å². The summed E-state index contributed by atoms with van der Waals surface area (Å²) in [6, 6.07) is 5.81. The van der Waals surface area contributed by atoms with Crippen LogP contribution in [0, 0.1) is 13.8 Å². The Kier molecular flexibility index (Phi) is 5.28. The smallest absolute Gasteiger partial charge is 0.181 e. The summed E-state index contributed by atoms with van der Waals surface area (Å²) in [7, 11) is 0. The Morgan fingerprint density at radius 1 is 0.880 bits per heavy atom. The van der Waals surface area contributed by atoms with E-state index < -0.39 is 0 Å². The summed E-state index contributed by atoms with van der Waals surface area (Å²) < 4.78 is 0. The number of aryl methyl sites for hydroxylation is 3. The average molecular weight is 357 g/mol. The number of halogens is 1. The summed E-state index contributed by atoms with van der Waals surface area (Å²) in [6.45, 7) is 3.90. The van der Waals surface area contributed by atoms with E-state index in [0.29, 0.717) is 29.4 Å². The minimum atomic E-state index is 0.131. The van der Waals surface area contributed by atoms with E-state index in [2.05, 4.69) is 9.97 Å². The van der Waals surface area contributed by atoms with Gasteiger partial charge in [-0.05, 0) is 68.4 Å². The summed E-state index contributed by atoms with van der Waals surface area (Å²) in [5.74, 6) is 0.340. The molecule has 0 aliphatic heterocycles. The van der Waals surface area contributed by atoms with Crippen LogP contribution < -0.4 is 0 Å². The van der Waals surface area contributed by atoms with Crippen molar-refractivity contribution in [1.82, 2.24) is 9.97 Å². The van der Waals surface area contributed by atoms with E-state index >= 15 is 0 Å². The maximum absolute atomic E-state index is 11.5. The number of pyridine rings is 2. The average Bonchev–Trinajstić information content (AvgIpc) is 2.57. The molecule has 5 heteroatoms. The molecule has 0 unspecified atom stereocenters. The van der Waals surface area contributed by atoms with Crippen LogP contribution in [-0.4, -0.2) is 21.5 Å². The predicted molar refractivity (Wildman–Crippen MR) is 97.5 cm³/mol. The third-order valence-electron chi connectivity index (χ3n) is 4.64. The van der Waals surface area contributed by atoms with Gasteiger partial charge in [0.1, 0.15) is 16.5 Å². The molecule has 2 aromatic heterocycles. The number of aromatic nitrogens is 2. The van der Waals surface area contributed by atoms with Crippen LogP contribution in [0.15, 0.2) is 18.2 Å². The second-order valence-electron chi connectivity index (χ2n) is 6.60. The molecule has 0 amide bonds. The number of fused-ring (bicyclic) bond motifs is 2. The molecule has 0 saturated carbocycles. The highest BCUT2D eigenvalue weighted by Crippen LogP contribution is 2.24. The van der Waals surface area contributed by atoms with Crippen molar-refractivity contribution in [2.24, 2.45) is 0 Å². The van der Waals surface area contributed by atoms with E-state index in [1.165, 1.54) is 0 Å². The SMILES string of the molecule is Cc1cc(Cl)nc2c1CCCC2=O.Cc1ccc2c(n1)C(=O)CCC2. The molecule has 0 saturated heterocycles.